The van der Waals surface area contributed by atoms with Crippen LogP contribution in [-0.4, -0.2) is 63.5 Å². The fraction of sp³-hybridized carbons (Fsp3) is 0.304. The lowest BCUT2D eigenvalue weighted by atomic mass is 10.1. The molecule has 2 N–H and O–H groups in total. The quantitative estimate of drug-likeness (QED) is 0.542. The Balaban J connectivity index is 1.57. The van der Waals surface area contributed by atoms with Gasteiger partial charge in [-0.05, 0) is 55.5 Å². The predicted molar refractivity (Wildman–Crippen MR) is 129 cm³/mol. The number of aromatic carboxylic acids is 1. The Labute approximate surface area is 192 Å². The van der Waals surface area contributed by atoms with Gasteiger partial charge in [-0.3, -0.25) is 4.72 Å². The lowest BCUT2D eigenvalue weighted by Gasteiger charge is -2.37. The predicted octanol–water partition coefficient (Wildman–Crippen LogP) is 3.03. The topological polar surface area (TPSA) is 112 Å². The van der Waals surface area contributed by atoms with Crippen molar-refractivity contribution < 1.29 is 23.1 Å². The molecule has 0 atom stereocenters. The fourth-order valence-electron chi connectivity index (χ4n) is 3.85. The highest BCUT2D eigenvalue weighted by Crippen LogP contribution is 2.28. The van der Waals surface area contributed by atoms with Crippen LogP contribution in [0.2, 0.25) is 0 Å². The number of carbonyl (C=O) groups is 1. The number of hydrogen-bond acceptors (Lipinski definition) is 7. The smallest absolute Gasteiger partial charge is 0.336 e. The van der Waals surface area contributed by atoms with Gasteiger partial charge in [-0.25, -0.2) is 18.2 Å². The molecule has 1 aliphatic heterocycles. The van der Waals surface area contributed by atoms with Crippen LogP contribution in [0, 0.1) is 0 Å². The molecule has 1 aromatic heterocycles. The summed E-state index contributed by atoms with van der Waals surface area (Å²) in [4.78, 5) is 21.0. The van der Waals surface area contributed by atoms with E-state index in [2.05, 4.69) is 19.5 Å². The molecule has 1 saturated heterocycles. The summed E-state index contributed by atoms with van der Waals surface area (Å²) in [7, 11) is -1.83. The highest BCUT2D eigenvalue weighted by Gasteiger charge is 2.21. The Morgan fingerprint density at radius 2 is 1.73 bits per heavy atom. The largest absolute Gasteiger partial charge is 0.497 e. The van der Waals surface area contributed by atoms with E-state index in [1.165, 1.54) is 13.0 Å². The van der Waals surface area contributed by atoms with E-state index in [1.54, 1.807) is 25.3 Å². The van der Waals surface area contributed by atoms with E-state index in [0.717, 1.165) is 24.5 Å². The number of piperazine rings is 1. The van der Waals surface area contributed by atoms with Crippen molar-refractivity contribution in [3.8, 4) is 5.75 Å². The third kappa shape index (κ3) is 4.95. The van der Waals surface area contributed by atoms with Gasteiger partial charge in [-0.15, -0.1) is 0 Å². The molecule has 1 aliphatic rings. The van der Waals surface area contributed by atoms with Crippen molar-refractivity contribution in [3.63, 3.8) is 0 Å². The molecular formula is C23H26N4O5S. The van der Waals surface area contributed by atoms with Crippen LogP contribution in [0.15, 0.2) is 48.5 Å². The molecule has 3 aromatic rings. The van der Waals surface area contributed by atoms with Crippen LogP contribution in [0.25, 0.3) is 10.9 Å². The Morgan fingerprint density at radius 1 is 1.06 bits per heavy atom. The number of pyridine rings is 1. The number of ether oxygens (including phenoxy) is 1. The van der Waals surface area contributed by atoms with Crippen LogP contribution < -0.4 is 19.3 Å². The average Bonchev–Trinajstić information content (AvgIpc) is 2.83. The molecular weight excluding hydrogens is 444 g/mol. The summed E-state index contributed by atoms with van der Waals surface area (Å²) in [6.07, 6.45) is 0. The number of methoxy groups -OCH3 is 1. The van der Waals surface area contributed by atoms with Crippen molar-refractivity contribution in [2.45, 2.75) is 6.92 Å². The molecule has 4 rings (SSSR count). The van der Waals surface area contributed by atoms with Crippen LogP contribution >= 0.6 is 0 Å². The van der Waals surface area contributed by atoms with Gasteiger partial charge in [-0.1, -0.05) is 0 Å². The van der Waals surface area contributed by atoms with Gasteiger partial charge in [-0.2, -0.15) is 0 Å². The number of nitrogens with one attached hydrogen (secondary N) is 1. The monoisotopic (exact) mass is 470 g/mol. The van der Waals surface area contributed by atoms with Gasteiger partial charge in [0.15, 0.2) is 0 Å². The number of sulfonamides is 1. The number of nitrogens with zero attached hydrogens (tertiary/aromatic N) is 3. The van der Waals surface area contributed by atoms with Crippen molar-refractivity contribution in [1.82, 2.24) is 4.98 Å². The Bertz CT molecular complexity index is 1270. The summed E-state index contributed by atoms with van der Waals surface area (Å²) in [5, 5.41) is 10.2. The van der Waals surface area contributed by atoms with Gasteiger partial charge in [0.05, 0.1) is 23.9 Å². The van der Waals surface area contributed by atoms with Crippen LogP contribution in [0.4, 0.5) is 17.2 Å². The van der Waals surface area contributed by atoms with Gasteiger partial charge in [0, 0.05) is 42.9 Å². The lowest BCUT2D eigenvalue weighted by molar-refractivity contribution is 0.0699. The molecule has 9 nitrogen and oxygen atoms in total. The van der Waals surface area contributed by atoms with Crippen LogP contribution in [0.1, 0.15) is 17.3 Å². The second kappa shape index (κ2) is 9.14. The molecule has 33 heavy (non-hydrogen) atoms. The Morgan fingerprint density at radius 3 is 2.33 bits per heavy atom. The van der Waals surface area contributed by atoms with E-state index in [9.17, 15) is 18.3 Å². The highest BCUT2D eigenvalue weighted by atomic mass is 32.2. The molecule has 0 aliphatic carbocycles. The third-order valence-electron chi connectivity index (χ3n) is 5.72. The first-order chi connectivity index (χ1) is 15.8. The maximum Gasteiger partial charge on any atom is 0.336 e. The second-order valence-electron chi connectivity index (χ2n) is 7.74. The summed E-state index contributed by atoms with van der Waals surface area (Å²) in [6, 6.07) is 14.2. The van der Waals surface area contributed by atoms with E-state index in [1.807, 2.05) is 24.3 Å². The van der Waals surface area contributed by atoms with Gasteiger partial charge < -0.3 is 19.6 Å². The fourth-order valence-corrected chi connectivity index (χ4v) is 4.48. The molecule has 0 unspecified atom stereocenters. The van der Waals surface area contributed by atoms with E-state index in [-0.39, 0.29) is 11.3 Å². The maximum atomic E-state index is 12.0. The molecule has 1 fully saturated rings. The average molecular weight is 471 g/mol. The number of hydrogen-bond donors (Lipinski definition) is 2. The van der Waals surface area contributed by atoms with Gasteiger partial charge in [0.25, 0.3) is 0 Å². The van der Waals surface area contributed by atoms with Crippen molar-refractivity contribution in [1.29, 1.82) is 0 Å². The molecule has 0 spiro atoms. The summed E-state index contributed by atoms with van der Waals surface area (Å²) in [5.74, 6) is 0.244. The number of benzene rings is 2. The normalized spacial score (nSPS) is 14.4. The summed E-state index contributed by atoms with van der Waals surface area (Å²) < 4.78 is 31.4. The van der Waals surface area contributed by atoms with Gasteiger partial charge in [0.1, 0.15) is 11.6 Å². The van der Waals surface area contributed by atoms with E-state index >= 15 is 0 Å². The highest BCUT2D eigenvalue weighted by molar-refractivity contribution is 7.92. The minimum atomic E-state index is -3.47. The summed E-state index contributed by atoms with van der Waals surface area (Å²) in [5.41, 5.74) is 2.01. The molecule has 10 heteroatoms. The standard InChI is InChI=1S/C23H26N4O5S/c1-3-33(30,31)25-16-4-9-21-19(14-16)20(23(28)29)15-22(24-21)27-12-10-26(11-13-27)17-5-7-18(32-2)8-6-17/h4-9,14-15,25H,3,10-13H2,1-2H3,(H,28,29). The van der Waals surface area contributed by atoms with Crippen LogP contribution in [0.3, 0.4) is 0 Å². The zero-order valence-electron chi connectivity index (χ0n) is 18.5. The van der Waals surface area contributed by atoms with Gasteiger partial charge in [0.2, 0.25) is 10.0 Å². The van der Waals surface area contributed by atoms with E-state index in [0.29, 0.717) is 35.5 Å². The summed E-state index contributed by atoms with van der Waals surface area (Å²) >= 11 is 0. The van der Waals surface area contributed by atoms with E-state index in [4.69, 9.17) is 4.74 Å². The number of carboxylic acid groups (broad SMARTS) is 1. The first-order valence-corrected chi connectivity index (χ1v) is 12.3. The molecule has 2 aromatic carbocycles. The molecule has 0 radical (unpaired) electrons. The van der Waals surface area contributed by atoms with Crippen molar-refractivity contribution in [2.24, 2.45) is 0 Å². The van der Waals surface area contributed by atoms with Crippen molar-refractivity contribution >= 4 is 44.1 Å². The number of carboxylic acids is 1. The number of fused-ring (bicyclic) bond motifs is 1. The molecule has 0 bridgehead atoms. The SMILES string of the molecule is CCS(=O)(=O)Nc1ccc2nc(N3CCN(c4ccc(OC)cc4)CC3)cc(C(=O)O)c2c1. The van der Waals surface area contributed by atoms with Crippen LogP contribution in [-0.2, 0) is 10.0 Å². The maximum absolute atomic E-state index is 12.0. The molecule has 0 amide bonds. The minimum absolute atomic E-state index is 0.0729. The Hall–Kier alpha value is -3.53. The zero-order chi connectivity index (χ0) is 23.6. The first-order valence-electron chi connectivity index (χ1n) is 10.6. The lowest BCUT2D eigenvalue weighted by Crippen LogP contribution is -2.46. The third-order valence-corrected chi connectivity index (χ3v) is 7.03. The van der Waals surface area contributed by atoms with Crippen molar-refractivity contribution in [3.05, 3.63) is 54.1 Å². The zero-order valence-corrected chi connectivity index (χ0v) is 19.3. The molecule has 2 heterocycles. The minimum Gasteiger partial charge on any atom is -0.497 e. The van der Waals surface area contributed by atoms with Gasteiger partial charge >= 0.3 is 5.97 Å². The molecule has 0 saturated carbocycles. The van der Waals surface area contributed by atoms with E-state index < -0.39 is 16.0 Å². The second-order valence-corrected chi connectivity index (χ2v) is 9.75. The number of rotatable bonds is 7. The molecule has 174 valence electrons. The Kier molecular flexibility index (Phi) is 6.28. The first kappa shape index (κ1) is 22.7. The number of aromatic nitrogens is 1. The van der Waals surface area contributed by atoms with Crippen molar-refractivity contribution in [2.75, 3.05) is 53.6 Å². The summed E-state index contributed by atoms with van der Waals surface area (Å²) in [6.45, 7) is 4.46. The van der Waals surface area contributed by atoms with Crippen LogP contribution in [0.5, 0.6) is 5.75 Å². The number of anilines is 3.